The first-order chi connectivity index (χ1) is 25.7. The van der Waals surface area contributed by atoms with E-state index in [1.54, 1.807) is 0 Å². The van der Waals surface area contributed by atoms with Crippen molar-refractivity contribution in [3.63, 3.8) is 0 Å². The summed E-state index contributed by atoms with van der Waals surface area (Å²) in [5.74, 6) is -0.205. The van der Waals surface area contributed by atoms with E-state index in [2.05, 4.69) is 62.5 Å². The molecule has 1 atom stereocenters. The largest absolute Gasteiger partial charge is 0.457 e. The monoisotopic (exact) mass is 729 g/mol. The summed E-state index contributed by atoms with van der Waals surface area (Å²) in [5, 5.41) is 9.61. The molecule has 0 aliphatic carbocycles. The molecule has 0 amide bonds. The summed E-state index contributed by atoms with van der Waals surface area (Å²) in [6, 6.07) is 0. The Hall–Kier alpha value is -1.65. The van der Waals surface area contributed by atoms with Gasteiger partial charge in [-0.1, -0.05) is 197 Å². The number of esters is 1. The molecule has 0 spiro atoms. The van der Waals surface area contributed by atoms with Gasteiger partial charge in [-0.05, 0) is 70.6 Å². The van der Waals surface area contributed by atoms with Crippen LogP contribution in [-0.4, -0.2) is 37.0 Å². The fourth-order valence-electron chi connectivity index (χ4n) is 6.43. The average molecular weight is 729 g/mol. The SMILES string of the molecule is CCCC/C=C\C/C=C\CCCCCCCCOCC(CO)OC(=O)CCCCCCCCCCCCCCC/C=C\C/C=C\CCCCCCC. The number of ether oxygens (including phenoxy) is 2. The van der Waals surface area contributed by atoms with Gasteiger partial charge in [0.2, 0.25) is 0 Å². The van der Waals surface area contributed by atoms with Crippen molar-refractivity contribution >= 4 is 5.97 Å². The van der Waals surface area contributed by atoms with E-state index < -0.39 is 6.10 Å². The Kier molecular flexibility index (Phi) is 44.1. The number of hydrogen-bond acceptors (Lipinski definition) is 4. The lowest BCUT2D eigenvalue weighted by molar-refractivity contribution is -0.154. The number of rotatable bonds is 42. The van der Waals surface area contributed by atoms with E-state index in [1.807, 2.05) is 0 Å². The molecule has 4 heteroatoms. The fraction of sp³-hybridized carbons (Fsp3) is 0.812. The molecule has 0 radical (unpaired) electrons. The van der Waals surface area contributed by atoms with Gasteiger partial charge in [0.1, 0.15) is 6.10 Å². The summed E-state index contributed by atoms with van der Waals surface area (Å²) in [7, 11) is 0. The van der Waals surface area contributed by atoms with Crippen LogP contribution in [0.15, 0.2) is 48.6 Å². The highest BCUT2D eigenvalue weighted by molar-refractivity contribution is 5.69. The second kappa shape index (κ2) is 45.5. The third kappa shape index (κ3) is 42.8. The van der Waals surface area contributed by atoms with Crippen LogP contribution in [0.25, 0.3) is 0 Å². The maximum atomic E-state index is 12.2. The molecule has 1 N–H and O–H groups in total. The molecule has 0 fully saturated rings. The normalized spacial score (nSPS) is 12.8. The minimum atomic E-state index is -0.540. The Morgan fingerprint density at radius 3 is 1.25 bits per heavy atom. The molecule has 4 nitrogen and oxygen atoms in total. The third-order valence-electron chi connectivity index (χ3n) is 9.88. The molecule has 0 heterocycles. The van der Waals surface area contributed by atoms with Crippen molar-refractivity contribution in [2.24, 2.45) is 0 Å². The maximum absolute atomic E-state index is 12.2. The number of carbonyl (C=O) groups is 1. The van der Waals surface area contributed by atoms with Gasteiger partial charge in [-0.15, -0.1) is 0 Å². The summed E-state index contributed by atoms with van der Waals surface area (Å²) in [4.78, 5) is 12.2. The van der Waals surface area contributed by atoms with Crippen LogP contribution in [0.5, 0.6) is 0 Å². The van der Waals surface area contributed by atoms with Gasteiger partial charge in [0, 0.05) is 13.0 Å². The van der Waals surface area contributed by atoms with E-state index in [-0.39, 0.29) is 19.2 Å². The molecule has 0 aliphatic heterocycles. The van der Waals surface area contributed by atoms with Gasteiger partial charge >= 0.3 is 5.97 Å². The molecular formula is C48H88O4. The zero-order valence-corrected chi connectivity index (χ0v) is 34.8. The minimum absolute atomic E-state index is 0.176. The van der Waals surface area contributed by atoms with Crippen molar-refractivity contribution in [3.8, 4) is 0 Å². The van der Waals surface area contributed by atoms with Crippen LogP contribution in [0.1, 0.15) is 226 Å². The summed E-state index contributed by atoms with van der Waals surface area (Å²) in [5.41, 5.74) is 0. The van der Waals surface area contributed by atoms with Crippen molar-refractivity contribution < 1.29 is 19.4 Å². The Morgan fingerprint density at radius 2 is 0.827 bits per heavy atom. The molecule has 0 saturated carbocycles. The predicted molar refractivity (Wildman–Crippen MR) is 228 cm³/mol. The quantitative estimate of drug-likeness (QED) is 0.0386. The van der Waals surface area contributed by atoms with Gasteiger partial charge in [0.05, 0.1) is 13.2 Å². The molecule has 1 unspecified atom stereocenters. The highest BCUT2D eigenvalue weighted by Gasteiger charge is 2.13. The molecular weight excluding hydrogens is 641 g/mol. The molecule has 0 bridgehead atoms. The van der Waals surface area contributed by atoms with E-state index in [0.29, 0.717) is 13.0 Å². The van der Waals surface area contributed by atoms with Gasteiger partial charge in [0.25, 0.3) is 0 Å². The van der Waals surface area contributed by atoms with Crippen LogP contribution in [-0.2, 0) is 14.3 Å². The molecule has 0 aliphatic rings. The van der Waals surface area contributed by atoms with Crippen LogP contribution in [0, 0.1) is 0 Å². The highest BCUT2D eigenvalue weighted by atomic mass is 16.6. The number of aliphatic hydroxyl groups excluding tert-OH is 1. The summed E-state index contributed by atoms with van der Waals surface area (Å²) < 4.78 is 11.2. The lowest BCUT2D eigenvalue weighted by atomic mass is 10.0. The summed E-state index contributed by atoms with van der Waals surface area (Å²) in [6.45, 7) is 5.29. The van der Waals surface area contributed by atoms with Crippen LogP contribution < -0.4 is 0 Å². The molecule has 0 saturated heterocycles. The molecule has 0 aromatic heterocycles. The minimum Gasteiger partial charge on any atom is -0.457 e. The second-order valence-electron chi connectivity index (χ2n) is 15.1. The lowest BCUT2D eigenvalue weighted by Gasteiger charge is -2.15. The van der Waals surface area contributed by atoms with Crippen LogP contribution in [0.3, 0.4) is 0 Å². The topological polar surface area (TPSA) is 55.8 Å². The zero-order valence-electron chi connectivity index (χ0n) is 34.8. The Balaban J connectivity index is 3.42. The van der Waals surface area contributed by atoms with Crippen molar-refractivity contribution in [1.29, 1.82) is 0 Å². The van der Waals surface area contributed by atoms with Crippen molar-refractivity contribution in [2.45, 2.75) is 232 Å². The Labute approximate surface area is 324 Å². The van der Waals surface area contributed by atoms with Crippen molar-refractivity contribution in [2.75, 3.05) is 19.8 Å². The van der Waals surface area contributed by atoms with Gasteiger partial charge in [-0.2, -0.15) is 0 Å². The van der Waals surface area contributed by atoms with E-state index in [1.165, 1.54) is 173 Å². The van der Waals surface area contributed by atoms with Crippen LogP contribution in [0.4, 0.5) is 0 Å². The molecule has 304 valence electrons. The van der Waals surface area contributed by atoms with Crippen molar-refractivity contribution in [1.82, 2.24) is 0 Å². The lowest BCUT2D eigenvalue weighted by Crippen LogP contribution is -2.27. The number of aliphatic hydroxyl groups is 1. The van der Waals surface area contributed by atoms with E-state index in [0.717, 1.165) is 32.1 Å². The molecule has 0 aromatic rings. The summed E-state index contributed by atoms with van der Waals surface area (Å²) >= 11 is 0. The highest BCUT2D eigenvalue weighted by Crippen LogP contribution is 2.14. The Bertz CT molecular complexity index is 813. The standard InChI is InChI=1S/C48H88O4/c1-3-5-7-9-11-13-15-17-19-20-21-22-23-24-25-26-27-28-29-31-33-35-37-39-41-43-48(50)52-47(45-49)46-51-44-42-40-38-36-34-32-30-18-16-14-12-10-8-6-4-2/h10,12,15-18,20-21,47,49H,3-9,11,13-14,19,22-46H2,1-2H3/b12-10-,17-15-,18-16-,21-20-. The smallest absolute Gasteiger partial charge is 0.306 e. The number of carbonyl (C=O) groups excluding carboxylic acids is 1. The third-order valence-corrected chi connectivity index (χ3v) is 9.88. The average Bonchev–Trinajstić information content (AvgIpc) is 3.15. The zero-order chi connectivity index (χ0) is 37.7. The maximum Gasteiger partial charge on any atom is 0.306 e. The van der Waals surface area contributed by atoms with Gasteiger partial charge < -0.3 is 14.6 Å². The first-order valence-electron chi connectivity index (χ1n) is 22.7. The van der Waals surface area contributed by atoms with Crippen LogP contribution in [0.2, 0.25) is 0 Å². The molecule has 52 heavy (non-hydrogen) atoms. The molecule has 0 rings (SSSR count). The fourth-order valence-corrected chi connectivity index (χ4v) is 6.43. The predicted octanol–water partition coefficient (Wildman–Crippen LogP) is 15.0. The molecule has 0 aromatic carbocycles. The number of unbranched alkanes of at least 4 members (excludes halogenated alkanes) is 26. The van der Waals surface area contributed by atoms with Gasteiger partial charge in [-0.25, -0.2) is 0 Å². The second-order valence-corrected chi connectivity index (χ2v) is 15.1. The Morgan fingerprint density at radius 1 is 0.462 bits per heavy atom. The van der Waals surface area contributed by atoms with Gasteiger partial charge in [0.15, 0.2) is 0 Å². The van der Waals surface area contributed by atoms with Crippen LogP contribution >= 0.6 is 0 Å². The van der Waals surface area contributed by atoms with Gasteiger partial charge in [-0.3, -0.25) is 4.79 Å². The first-order valence-corrected chi connectivity index (χ1v) is 22.7. The van der Waals surface area contributed by atoms with Crippen molar-refractivity contribution in [3.05, 3.63) is 48.6 Å². The van der Waals surface area contributed by atoms with E-state index in [9.17, 15) is 9.90 Å². The first kappa shape index (κ1) is 50.4. The van der Waals surface area contributed by atoms with E-state index >= 15 is 0 Å². The van der Waals surface area contributed by atoms with E-state index in [4.69, 9.17) is 9.47 Å². The number of hydrogen-bond donors (Lipinski definition) is 1. The number of allylic oxidation sites excluding steroid dienone is 8. The summed E-state index contributed by atoms with van der Waals surface area (Å²) in [6.07, 6.45) is 58.9.